The zero-order valence-electron chi connectivity index (χ0n) is 3.01. The van der Waals surface area contributed by atoms with Crippen LogP contribution in [0.2, 0.25) is 0 Å². The maximum absolute atomic E-state index is 10.9. The molecule has 0 saturated carbocycles. The van der Waals surface area contributed by atoms with Crippen LogP contribution in [0.3, 0.4) is 0 Å². The molecular weight excluding hydrogens is 118 g/mol. The van der Waals surface area contributed by atoms with Gasteiger partial charge in [-0.25, -0.2) is 4.18 Å². The zero-order valence-corrected chi connectivity index (χ0v) is 3.83. The fourth-order valence-electron chi connectivity index (χ4n) is 0. The molecule has 0 aromatic heterocycles. The molecule has 0 aromatic carbocycles. The molecule has 0 rings (SSSR count). The van der Waals surface area contributed by atoms with Gasteiger partial charge in [-0.1, -0.05) is 3.89 Å². The van der Waals surface area contributed by atoms with Crippen molar-refractivity contribution in [2.45, 2.75) is 0 Å². The van der Waals surface area contributed by atoms with Gasteiger partial charge in [0.2, 0.25) is 0 Å². The Bertz CT molecular complexity index is 117. The molecule has 3 nitrogen and oxygen atoms in total. The number of rotatable bonds is 1. The summed E-state index contributed by atoms with van der Waals surface area (Å²) in [6, 6.07) is 0. The molecule has 0 amide bonds. The van der Waals surface area contributed by atoms with Crippen molar-refractivity contribution in [3.8, 4) is 0 Å². The van der Waals surface area contributed by atoms with Gasteiger partial charge in [-0.3, -0.25) is 0 Å². The van der Waals surface area contributed by atoms with Crippen LogP contribution in [-0.2, 0) is 14.7 Å². The molecule has 0 N–H and O–H groups in total. The monoisotopic (exact) mass is 122 g/mol. The molecule has 0 saturated heterocycles. The fraction of sp³-hybridized carbons (Fsp3) is 1.00. The van der Waals surface area contributed by atoms with Crippen molar-refractivity contribution in [3.05, 3.63) is 0 Å². The average molecular weight is 122 g/mol. The van der Waals surface area contributed by atoms with E-state index in [0.29, 0.717) is 0 Å². The summed E-state index contributed by atoms with van der Waals surface area (Å²) in [5, 5.41) is 0. The molecule has 0 spiro atoms. The van der Waals surface area contributed by atoms with Gasteiger partial charge in [-0.2, -0.15) is 8.42 Å². The molecule has 0 aliphatic carbocycles. The van der Waals surface area contributed by atoms with Gasteiger partial charge in [-0.15, -0.1) is 0 Å². The minimum atomic E-state index is -4.66. The van der Waals surface area contributed by atoms with Crippen LogP contribution in [0.15, 0.2) is 0 Å². The first-order chi connectivity index (χ1) is 2.56. The Balaban J connectivity index is 0. The molecule has 7 heavy (non-hydrogen) atoms. The molecule has 0 aliphatic rings. The summed E-state index contributed by atoms with van der Waals surface area (Å²) in [6.07, 6.45) is 0. The average Bonchev–Trinajstić information content (AvgIpc) is 1.35. The Morgan fingerprint density at radius 3 is 1.71 bits per heavy atom. The van der Waals surface area contributed by atoms with Gasteiger partial charge >= 0.3 is 29.4 Å². The third-order valence-electron chi connectivity index (χ3n) is 0.199. The third kappa shape index (κ3) is 10.7. The zero-order chi connectivity index (χ0) is 5.21. The van der Waals surface area contributed by atoms with Gasteiger partial charge < -0.3 is 0 Å². The molecular formula is CH4FLiO3S. The van der Waals surface area contributed by atoms with Crippen LogP contribution in [0.5, 0.6) is 0 Å². The van der Waals surface area contributed by atoms with E-state index in [1.54, 1.807) is 0 Å². The minimum absolute atomic E-state index is 0. The fourth-order valence-corrected chi connectivity index (χ4v) is 0. The van der Waals surface area contributed by atoms with Gasteiger partial charge in [0.25, 0.3) is 0 Å². The first kappa shape index (κ1) is 10.4. The van der Waals surface area contributed by atoms with Gasteiger partial charge in [0.15, 0.2) is 0 Å². The van der Waals surface area contributed by atoms with Gasteiger partial charge in [-0.05, 0) is 0 Å². The third-order valence-corrected chi connectivity index (χ3v) is 0.597. The van der Waals surface area contributed by atoms with Crippen LogP contribution in [0, 0.1) is 0 Å². The molecule has 0 atom stereocenters. The Kier molecular flexibility index (Phi) is 5.12. The van der Waals surface area contributed by atoms with Crippen LogP contribution < -0.4 is 0 Å². The van der Waals surface area contributed by atoms with Crippen LogP contribution in [0.4, 0.5) is 3.89 Å². The summed E-state index contributed by atoms with van der Waals surface area (Å²) in [6.45, 7) is 0. The van der Waals surface area contributed by atoms with Crippen molar-refractivity contribution in [1.82, 2.24) is 0 Å². The predicted molar refractivity (Wildman–Crippen MR) is 24.2 cm³/mol. The van der Waals surface area contributed by atoms with Gasteiger partial charge in [0, 0.05) is 0 Å². The van der Waals surface area contributed by atoms with E-state index < -0.39 is 10.5 Å². The molecule has 0 heterocycles. The van der Waals surface area contributed by atoms with Crippen molar-refractivity contribution in [3.63, 3.8) is 0 Å². The first-order valence-electron chi connectivity index (χ1n) is 1.06. The van der Waals surface area contributed by atoms with Crippen molar-refractivity contribution in [1.29, 1.82) is 0 Å². The Morgan fingerprint density at radius 1 is 1.57 bits per heavy atom. The van der Waals surface area contributed by atoms with Crippen molar-refractivity contribution in [2.75, 3.05) is 7.11 Å². The van der Waals surface area contributed by atoms with E-state index in [2.05, 4.69) is 4.18 Å². The molecule has 0 unspecified atom stereocenters. The summed E-state index contributed by atoms with van der Waals surface area (Å²) < 4.78 is 32.3. The van der Waals surface area contributed by atoms with Crippen LogP contribution >= 0.6 is 0 Å². The van der Waals surface area contributed by atoms with E-state index in [9.17, 15) is 3.89 Å². The molecule has 40 valence electrons. The predicted octanol–water partition coefficient (Wildman–Crippen LogP) is -0.801. The molecule has 0 aromatic rings. The standard InChI is InChI=1S/CH3FO3S.Li.H/c1-5-6(2,3)4;;/h1H3;;. The topological polar surface area (TPSA) is 43.4 Å². The first-order valence-corrected chi connectivity index (χ1v) is 2.37. The Morgan fingerprint density at radius 2 is 1.71 bits per heavy atom. The van der Waals surface area contributed by atoms with Crippen molar-refractivity contribution >= 4 is 29.4 Å². The quantitative estimate of drug-likeness (QED) is 0.337. The second kappa shape index (κ2) is 3.44. The van der Waals surface area contributed by atoms with Crippen LogP contribution in [0.1, 0.15) is 0 Å². The van der Waals surface area contributed by atoms with E-state index in [4.69, 9.17) is 8.42 Å². The van der Waals surface area contributed by atoms with Crippen molar-refractivity contribution < 1.29 is 16.5 Å². The summed E-state index contributed by atoms with van der Waals surface area (Å²) >= 11 is 0. The Labute approximate surface area is 53.4 Å². The van der Waals surface area contributed by atoms with Gasteiger partial charge in [0.1, 0.15) is 0 Å². The molecule has 0 fully saturated rings. The molecule has 0 radical (unpaired) electrons. The van der Waals surface area contributed by atoms with Crippen molar-refractivity contribution in [2.24, 2.45) is 0 Å². The molecule has 6 heteroatoms. The SMILES string of the molecule is COS(=O)(=O)F.[LiH]. The summed E-state index contributed by atoms with van der Waals surface area (Å²) in [5.74, 6) is 0. The number of hydrogen-bond donors (Lipinski definition) is 0. The van der Waals surface area contributed by atoms with E-state index >= 15 is 0 Å². The summed E-state index contributed by atoms with van der Waals surface area (Å²) in [4.78, 5) is 0. The second-order valence-electron chi connectivity index (χ2n) is 0.560. The normalized spacial score (nSPS) is 10.0. The van der Waals surface area contributed by atoms with Crippen LogP contribution in [-0.4, -0.2) is 34.4 Å². The van der Waals surface area contributed by atoms with E-state index in [0.717, 1.165) is 7.11 Å². The summed E-state index contributed by atoms with van der Waals surface area (Å²) in [7, 11) is -3.92. The van der Waals surface area contributed by atoms with E-state index in [1.807, 2.05) is 0 Å². The van der Waals surface area contributed by atoms with Crippen LogP contribution in [0.25, 0.3) is 0 Å². The van der Waals surface area contributed by atoms with Gasteiger partial charge in [0.05, 0.1) is 7.11 Å². The maximum atomic E-state index is 10.9. The number of hydrogen-bond acceptors (Lipinski definition) is 3. The number of halogens is 1. The van der Waals surface area contributed by atoms with E-state index in [-0.39, 0.29) is 18.9 Å². The second-order valence-corrected chi connectivity index (χ2v) is 1.68. The Hall–Kier alpha value is 0.437. The molecule has 0 aliphatic heterocycles. The van der Waals surface area contributed by atoms with E-state index in [1.165, 1.54) is 0 Å². The molecule has 0 bridgehead atoms. The summed E-state index contributed by atoms with van der Waals surface area (Å²) in [5.41, 5.74) is 0.